The zero-order chi connectivity index (χ0) is 20.8. The topological polar surface area (TPSA) is 48.0 Å². The van der Waals surface area contributed by atoms with Crippen molar-refractivity contribution in [2.75, 3.05) is 25.7 Å². The summed E-state index contributed by atoms with van der Waals surface area (Å²) < 4.78 is 16.9. The van der Waals surface area contributed by atoms with Crippen LogP contribution in [0, 0.1) is 0 Å². The molecule has 2 aromatic carbocycles. The van der Waals surface area contributed by atoms with Crippen LogP contribution in [0.1, 0.15) is 25.3 Å². The number of hydrogen-bond acceptors (Lipinski definition) is 6. The van der Waals surface area contributed by atoms with Crippen molar-refractivity contribution < 1.29 is 19.0 Å². The molecule has 3 rings (SSSR count). The van der Waals surface area contributed by atoms with Gasteiger partial charge in [0.1, 0.15) is 5.75 Å². The number of ether oxygens (including phenoxy) is 3. The van der Waals surface area contributed by atoms with E-state index >= 15 is 0 Å². The lowest BCUT2D eigenvalue weighted by molar-refractivity contribution is -0.113. The molecule has 29 heavy (non-hydrogen) atoms. The van der Waals surface area contributed by atoms with Crippen molar-refractivity contribution in [3.63, 3.8) is 0 Å². The van der Waals surface area contributed by atoms with Crippen molar-refractivity contribution in [1.29, 1.82) is 0 Å². The molecule has 1 fully saturated rings. The van der Waals surface area contributed by atoms with Gasteiger partial charge in [0.05, 0.1) is 31.4 Å². The molecule has 2 aromatic rings. The molecule has 0 N–H and O–H groups in total. The van der Waals surface area contributed by atoms with Crippen molar-refractivity contribution in [2.45, 2.75) is 19.8 Å². The van der Waals surface area contributed by atoms with Gasteiger partial charge in [-0.15, -0.1) is 0 Å². The van der Waals surface area contributed by atoms with E-state index in [1.807, 2.05) is 36.4 Å². The van der Waals surface area contributed by atoms with Gasteiger partial charge >= 0.3 is 0 Å². The van der Waals surface area contributed by atoms with Gasteiger partial charge in [-0.1, -0.05) is 43.4 Å². The Bertz CT molecular complexity index is 925. The lowest BCUT2D eigenvalue weighted by Crippen LogP contribution is -2.27. The van der Waals surface area contributed by atoms with E-state index in [2.05, 4.69) is 6.92 Å². The van der Waals surface area contributed by atoms with E-state index in [0.717, 1.165) is 24.2 Å². The second kappa shape index (κ2) is 9.80. The van der Waals surface area contributed by atoms with Gasteiger partial charge in [0, 0.05) is 0 Å². The monoisotopic (exact) mass is 429 g/mol. The maximum Gasteiger partial charge on any atom is 0.270 e. The van der Waals surface area contributed by atoms with Crippen LogP contribution < -0.4 is 19.1 Å². The number of thioether (sulfide) groups is 1. The predicted octanol–water partition coefficient (Wildman–Crippen LogP) is 5.29. The summed E-state index contributed by atoms with van der Waals surface area (Å²) in [5, 5.41) is 0. The highest BCUT2D eigenvalue weighted by molar-refractivity contribution is 8.27. The van der Waals surface area contributed by atoms with E-state index in [4.69, 9.17) is 26.4 Å². The van der Waals surface area contributed by atoms with E-state index in [-0.39, 0.29) is 5.91 Å². The van der Waals surface area contributed by atoms with Crippen LogP contribution in [-0.2, 0) is 4.79 Å². The zero-order valence-corrected chi connectivity index (χ0v) is 18.3. The zero-order valence-electron chi connectivity index (χ0n) is 16.6. The fourth-order valence-electron chi connectivity index (χ4n) is 2.79. The third-order valence-corrected chi connectivity index (χ3v) is 5.67. The normalized spacial score (nSPS) is 15.1. The number of carbonyl (C=O) groups excluding carboxylic acids is 1. The smallest absolute Gasteiger partial charge is 0.270 e. The van der Waals surface area contributed by atoms with Crippen LogP contribution >= 0.6 is 24.0 Å². The minimum absolute atomic E-state index is 0.146. The standard InChI is InChI=1S/C22H23NO4S2/c1-4-5-12-27-18-11-6-15(13-19(18)26-3)14-20-21(24)23(22(28)29-20)16-7-9-17(25-2)10-8-16/h6-11,13-14H,4-5,12H2,1-3H3/b20-14+. The molecule has 1 amide bonds. The average molecular weight is 430 g/mol. The van der Waals surface area contributed by atoms with Crippen molar-refractivity contribution in [3.8, 4) is 17.2 Å². The van der Waals surface area contributed by atoms with Gasteiger partial charge in [0.25, 0.3) is 5.91 Å². The molecule has 0 saturated carbocycles. The quantitative estimate of drug-likeness (QED) is 0.323. The number of amides is 1. The van der Waals surface area contributed by atoms with Crippen LogP contribution in [0.4, 0.5) is 5.69 Å². The molecule has 1 aliphatic heterocycles. The van der Waals surface area contributed by atoms with Crippen LogP contribution in [0.15, 0.2) is 47.4 Å². The number of carbonyl (C=O) groups is 1. The molecule has 0 bridgehead atoms. The lowest BCUT2D eigenvalue weighted by Gasteiger charge is -2.14. The van der Waals surface area contributed by atoms with Crippen molar-refractivity contribution in [3.05, 3.63) is 52.9 Å². The Morgan fingerprint density at radius 1 is 1.07 bits per heavy atom. The Morgan fingerprint density at radius 2 is 1.83 bits per heavy atom. The highest BCUT2D eigenvalue weighted by Gasteiger charge is 2.33. The van der Waals surface area contributed by atoms with Gasteiger partial charge < -0.3 is 14.2 Å². The fraction of sp³-hybridized carbons (Fsp3) is 0.273. The molecule has 0 aliphatic carbocycles. The Labute approximate surface area is 180 Å². The molecule has 0 radical (unpaired) electrons. The summed E-state index contributed by atoms with van der Waals surface area (Å²) in [7, 11) is 3.21. The Hall–Kier alpha value is -2.51. The summed E-state index contributed by atoms with van der Waals surface area (Å²) in [5.74, 6) is 1.92. The van der Waals surface area contributed by atoms with E-state index in [0.29, 0.717) is 33.0 Å². The molecule has 0 aromatic heterocycles. The molecule has 0 spiro atoms. The molecule has 0 atom stereocenters. The number of hydrogen-bond donors (Lipinski definition) is 0. The maximum atomic E-state index is 12.9. The first-order valence-corrected chi connectivity index (χ1v) is 10.5. The van der Waals surface area contributed by atoms with Crippen molar-refractivity contribution >= 4 is 46.0 Å². The third kappa shape index (κ3) is 4.92. The van der Waals surface area contributed by atoms with Gasteiger partial charge in [0.2, 0.25) is 0 Å². The second-order valence-electron chi connectivity index (χ2n) is 6.33. The number of unbranched alkanes of at least 4 members (excludes halogenated alkanes) is 1. The summed E-state index contributed by atoms with van der Waals surface area (Å²) in [5.41, 5.74) is 1.56. The van der Waals surface area contributed by atoms with E-state index < -0.39 is 0 Å². The van der Waals surface area contributed by atoms with Crippen molar-refractivity contribution in [2.24, 2.45) is 0 Å². The summed E-state index contributed by atoms with van der Waals surface area (Å²) >= 11 is 6.72. The molecule has 7 heteroatoms. The largest absolute Gasteiger partial charge is 0.497 e. The Balaban J connectivity index is 1.81. The molecule has 1 aliphatic rings. The molecular weight excluding hydrogens is 406 g/mol. The number of thiocarbonyl (C=S) groups is 1. The van der Waals surface area contributed by atoms with Gasteiger partial charge in [-0.05, 0) is 54.5 Å². The van der Waals surface area contributed by atoms with Crippen molar-refractivity contribution in [1.82, 2.24) is 0 Å². The third-order valence-electron chi connectivity index (χ3n) is 4.37. The number of rotatable bonds is 8. The molecule has 152 valence electrons. The molecule has 0 unspecified atom stereocenters. The van der Waals surface area contributed by atoms with E-state index in [1.165, 1.54) is 16.7 Å². The molecular formula is C22H23NO4S2. The van der Waals surface area contributed by atoms with Crippen LogP contribution in [0.25, 0.3) is 6.08 Å². The second-order valence-corrected chi connectivity index (χ2v) is 8.00. The van der Waals surface area contributed by atoms with Crippen LogP contribution in [0.2, 0.25) is 0 Å². The number of methoxy groups -OCH3 is 2. The number of benzene rings is 2. The first kappa shape index (κ1) is 21.2. The summed E-state index contributed by atoms with van der Waals surface area (Å²) in [6, 6.07) is 12.9. The summed E-state index contributed by atoms with van der Waals surface area (Å²) in [6.07, 6.45) is 3.87. The van der Waals surface area contributed by atoms with E-state index in [1.54, 1.807) is 26.4 Å². The van der Waals surface area contributed by atoms with Crippen LogP contribution in [0.5, 0.6) is 17.2 Å². The molecule has 5 nitrogen and oxygen atoms in total. The van der Waals surface area contributed by atoms with Gasteiger partial charge in [-0.2, -0.15) is 0 Å². The van der Waals surface area contributed by atoms with Gasteiger partial charge in [-0.3, -0.25) is 9.69 Å². The maximum absolute atomic E-state index is 12.9. The summed E-state index contributed by atoms with van der Waals surface area (Å²) in [6.45, 7) is 2.76. The fourth-order valence-corrected chi connectivity index (χ4v) is 4.09. The predicted molar refractivity (Wildman–Crippen MR) is 122 cm³/mol. The first-order valence-electron chi connectivity index (χ1n) is 9.30. The SMILES string of the molecule is CCCCOc1ccc(/C=C2/SC(=S)N(c3ccc(OC)cc3)C2=O)cc1OC. The molecule has 1 heterocycles. The minimum Gasteiger partial charge on any atom is -0.497 e. The Morgan fingerprint density at radius 3 is 2.48 bits per heavy atom. The highest BCUT2D eigenvalue weighted by Crippen LogP contribution is 2.37. The lowest BCUT2D eigenvalue weighted by atomic mass is 10.1. The number of anilines is 1. The Kier molecular flexibility index (Phi) is 7.17. The molecule has 1 saturated heterocycles. The first-order chi connectivity index (χ1) is 14.1. The summed E-state index contributed by atoms with van der Waals surface area (Å²) in [4.78, 5) is 15.0. The van der Waals surface area contributed by atoms with Gasteiger partial charge in [0.15, 0.2) is 15.8 Å². The van der Waals surface area contributed by atoms with Crippen LogP contribution in [0.3, 0.4) is 0 Å². The highest BCUT2D eigenvalue weighted by atomic mass is 32.2. The van der Waals surface area contributed by atoms with Crippen LogP contribution in [-0.4, -0.2) is 31.1 Å². The average Bonchev–Trinajstić information content (AvgIpc) is 3.02. The van der Waals surface area contributed by atoms with Gasteiger partial charge in [-0.25, -0.2) is 0 Å². The van der Waals surface area contributed by atoms with E-state index in [9.17, 15) is 4.79 Å². The minimum atomic E-state index is -0.146. The number of nitrogens with zero attached hydrogens (tertiary/aromatic N) is 1.